The van der Waals surface area contributed by atoms with Gasteiger partial charge < -0.3 is 25.6 Å². The number of hydrogen-bond donors (Lipinski definition) is 2. The maximum Gasteiger partial charge on any atom is 0.328 e. The van der Waals surface area contributed by atoms with E-state index in [-0.39, 0.29) is 19.4 Å². The summed E-state index contributed by atoms with van der Waals surface area (Å²) in [5.41, 5.74) is 8.29. The molecule has 0 saturated heterocycles. The highest BCUT2D eigenvalue weighted by Crippen LogP contribution is 2.02. The summed E-state index contributed by atoms with van der Waals surface area (Å²) in [5, 5.41) is 5.48. The molecule has 9 heteroatoms. The van der Waals surface area contributed by atoms with Gasteiger partial charge in [-0.05, 0) is 19.9 Å². The van der Waals surface area contributed by atoms with Gasteiger partial charge in [0.15, 0.2) is 0 Å². The average Bonchev–Trinajstić information content (AvgIpc) is 2.54. The summed E-state index contributed by atoms with van der Waals surface area (Å²) < 4.78 is 9.94. The summed E-state index contributed by atoms with van der Waals surface area (Å²) in [6, 6.07) is -0.974. The normalized spacial score (nSPS) is 12.7. The molecule has 2 atom stereocenters. The molecule has 0 aliphatic rings. The number of ketones is 1. The molecule has 0 aliphatic heterocycles. The topological polar surface area (TPSA) is 130 Å². The number of esters is 1. The Hall–Kier alpha value is -2.09. The van der Waals surface area contributed by atoms with E-state index < -0.39 is 29.8 Å². The number of nitrogens with zero attached hydrogens (tertiary/aromatic N) is 2. The standard InChI is InChI=1S/C14H24N4O5/c1-4-16-7-8-23-14(21)12(6-5-11(19)9-17-15)18-13(20)10(2)22-3/h9-10,12,16H,4-8H2,1-3H3,(H,18,20)/t10-,12+/m1/s1. The van der Waals surface area contributed by atoms with Crippen molar-refractivity contribution in [2.75, 3.05) is 26.8 Å². The van der Waals surface area contributed by atoms with Crippen LogP contribution in [0.1, 0.15) is 26.7 Å². The van der Waals surface area contributed by atoms with Crippen molar-refractivity contribution < 1.29 is 28.6 Å². The minimum atomic E-state index is -0.974. The number of carbonyl (C=O) groups is 3. The summed E-state index contributed by atoms with van der Waals surface area (Å²) >= 11 is 0. The molecule has 0 aliphatic carbocycles. The van der Waals surface area contributed by atoms with Crippen molar-refractivity contribution in [2.24, 2.45) is 0 Å². The van der Waals surface area contributed by atoms with E-state index in [2.05, 4.69) is 15.4 Å². The van der Waals surface area contributed by atoms with Gasteiger partial charge in [-0.3, -0.25) is 9.59 Å². The molecule has 1 amide bonds. The van der Waals surface area contributed by atoms with Crippen LogP contribution in [0.2, 0.25) is 0 Å². The molecular formula is C14H24N4O5. The van der Waals surface area contributed by atoms with E-state index in [1.807, 2.05) is 6.92 Å². The van der Waals surface area contributed by atoms with E-state index in [0.29, 0.717) is 6.54 Å². The van der Waals surface area contributed by atoms with Gasteiger partial charge in [-0.2, -0.15) is 4.79 Å². The number of rotatable bonds is 12. The number of nitrogens with one attached hydrogen (secondary N) is 2. The third-order valence-corrected chi connectivity index (χ3v) is 2.98. The lowest BCUT2D eigenvalue weighted by atomic mass is 10.1. The first kappa shape index (κ1) is 20.9. The molecule has 0 aromatic heterocycles. The van der Waals surface area contributed by atoms with Crippen LogP contribution in [0.3, 0.4) is 0 Å². The number of methoxy groups -OCH3 is 1. The molecule has 0 heterocycles. The smallest absolute Gasteiger partial charge is 0.328 e. The molecule has 0 radical (unpaired) electrons. The minimum absolute atomic E-state index is 0.0348. The van der Waals surface area contributed by atoms with Crippen LogP contribution in [0, 0.1) is 0 Å². The predicted octanol–water partition coefficient (Wildman–Crippen LogP) is -0.691. The molecule has 0 saturated carbocycles. The fraction of sp³-hybridized carbons (Fsp3) is 0.714. The number of likely N-dealkylation sites (N-methyl/N-ethyl adjacent to an activating group) is 1. The number of ether oxygens (including phenoxy) is 2. The first-order valence-corrected chi connectivity index (χ1v) is 7.37. The van der Waals surface area contributed by atoms with Crippen LogP contribution < -0.4 is 10.6 Å². The van der Waals surface area contributed by atoms with Crippen molar-refractivity contribution in [3.8, 4) is 0 Å². The van der Waals surface area contributed by atoms with Gasteiger partial charge in [0, 0.05) is 20.1 Å². The van der Waals surface area contributed by atoms with Crippen molar-refractivity contribution in [1.29, 1.82) is 0 Å². The van der Waals surface area contributed by atoms with Crippen LogP contribution in [0.5, 0.6) is 0 Å². The molecule has 9 nitrogen and oxygen atoms in total. The lowest BCUT2D eigenvalue weighted by Crippen LogP contribution is -2.46. The van der Waals surface area contributed by atoms with Crippen molar-refractivity contribution in [3.05, 3.63) is 5.53 Å². The van der Waals surface area contributed by atoms with Crippen molar-refractivity contribution in [3.63, 3.8) is 0 Å². The van der Waals surface area contributed by atoms with Gasteiger partial charge in [-0.25, -0.2) is 4.79 Å². The highest BCUT2D eigenvalue weighted by atomic mass is 16.5. The zero-order chi connectivity index (χ0) is 17.7. The largest absolute Gasteiger partial charge is 0.463 e. The second kappa shape index (κ2) is 12.5. The molecule has 0 aromatic carbocycles. The maximum absolute atomic E-state index is 12.0. The second-order valence-corrected chi connectivity index (χ2v) is 4.71. The molecule has 0 spiro atoms. The number of carbonyl (C=O) groups excluding carboxylic acids is 3. The lowest BCUT2D eigenvalue weighted by Gasteiger charge is -2.19. The minimum Gasteiger partial charge on any atom is -0.463 e. The highest BCUT2D eigenvalue weighted by Gasteiger charge is 2.25. The molecular weight excluding hydrogens is 304 g/mol. The summed E-state index contributed by atoms with van der Waals surface area (Å²) in [5.74, 6) is -1.58. The van der Waals surface area contributed by atoms with Gasteiger partial charge in [0.2, 0.25) is 11.7 Å². The van der Waals surface area contributed by atoms with Crippen LogP contribution in [0.25, 0.3) is 5.53 Å². The van der Waals surface area contributed by atoms with Crippen LogP contribution in [-0.2, 0) is 23.9 Å². The first-order chi connectivity index (χ1) is 11.0. The van der Waals surface area contributed by atoms with E-state index in [4.69, 9.17) is 15.0 Å². The zero-order valence-electron chi connectivity index (χ0n) is 13.7. The average molecular weight is 328 g/mol. The molecule has 0 fully saturated rings. The molecule has 130 valence electrons. The monoisotopic (exact) mass is 328 g/mol. The Balaban J connectivity index is 4.63. The third-order valence-electron chi connectivity index (χ3n) is 2.98. The van der Waals surface area contributed by atoms with Gasteiger partial charge in [-0.1, -0.05) is 6.92 Å². The summed E-state index contributed by atoms with van der Waals surface area (Å²) in [4.78, 5) is 37.8. The van der Waals surface area contributed by atoms with E-state index in [9.17, 15) is 14.4 Å². The van der Waals surface area contributed by atoms with Crippen LogP contribution in [0.4, 0.5) is 0 Å². The molecule has 0 bridgehead atoms. The zero-order valence-corrected chi connectivity index (χ0v) is 13.7. The first-order valence-electron chi connectivity index (χ1n) is 7.37. The van der Waals surface area contributed by atoms with E-state index in [1.165, 1.54) is 14.0 Å². The van der Waals surface area contributed by atoms with Crippen LogP contribution in [-0.4, -0.2) is 67.6 Å². The maximum atomic E-state index is 12.0. The fourth-order valence-electron chi connectivity index (χ4n) is 1.56. The Morgan fingerprint density at radius 2 is 2.04 bits per heavy atom. The van der Waals surface area contributed by atoms with Gasteiger partial charge in [0.1, 0.15) is 18.8 Å². The van der Waals surface area contributed by atoms with E-state index in [1.54, 1.807) is 0 Å². The highest BCUT2D eigenvalue weighted by molar-refractivity contribution is 6.25. The molecule has 0 unspecified atom stereocenters. The van der Waals surface area contributed by atoms with Gasteiger partial charge >= 0.3 is 12.2 Å². The fourth-order valence-corrected chi connectivity index (χ4v) is 1.56. The summed E-state index contributed by atoms with van der Waals surface area (Å²) in [6.45, 7) is 4.86. The quantitative estimate of drug-likeness (QED) is 0.160. The lowest BCUT2D eigenvalue weighted by molar-refractivity contribution is -0.149. The van der Waals surface area contributed by atoms with Crippen LogP contribution >= 0.6 is 0 Å². The number of amides is 1. The van der Waals surface area contributed by atoms with Crippen molar-refractivity contribution >= 4 is 23.9 Å². The Kier molecular flexibility index (Phi) is 11.3. The Bertz CT molecular complexity index is 448. The summed E-state index contributed by atoms with van der Waals surface area (Å²) in [7, 11) is 1.37. The van der Waals surface area contributed by atoms with E-state index in [0.717, 1.165) is 12.8 Å². The predicted molar refractivity (Wildman–Crippen MR) is 81.8 cm³/mol. The Morgan fingerprint density at radius 3 is 2.61 bits per heavy atom. The molecule has 0 rings (SSSR count). The number of Topliss-reactive ketones (excluding diaryl/α,β-unsaturated/α-hetero) is 1. The van der Waals surface area contributed by atoms with Crippen LogP contribution in [0.15, 0.2) is 0 Å². The third kappa shape index (κ3) is 9.51. The molecule has 2 N–H and O–H groups in total. The molecule has 0 aromatic rings. The Labute approximate surface area is 135 Å². The SMILES string of the molecule is CCNCCOC(=O)[C@H](CCC(=O)C=[N+]=[N-])NC(=O)[C@@H](C)OC. The number of hydrogen-bond acceptors (Lipinski definition) is 6. The summed E-state index contributed by atoms with van der Waals surface area (Å²) in [6.07, 6.45) is -0.0272. The van der Waals surface area contributed by atoms with Crippen molar-refractivity contribution in [1.82, 2.24) is 10.6 Å². The second-order valence-electron chi connectivity index (χ2n) is 4.71. The van der Waals surface area contributed by atoms with Crippen molar-refractivity contribution in [2.45, 2.75) is 38.8 Å². The Morgan fingerprint density at radius 1 is 1.35 bits per heavy atom. The van der Waals surface area contributed by atoms with Gasteiger partial charge in [0.05, 0.1) is 0 Å². The van der Waals surface area contributed by atoms with Gasteiger partial charge in [0.25, 0.3) is 0 Å². The molecule has 23 heavy (non-hydrogen) atoms. The van der Waals surface area contributed by atoms with E-state index >= 15 is 0 Å². The van der Waals surface area contributed by atoms with Gasteiger partial charge in [-0.15, -0.1) is 0 Å².